The lowest BCUT2D eigenvalue weighted by atomic mass is 10.0. The zero-order chi connectivity index (χ0) is 13.0. The minimum Gasteiger partial charge on any atom is -0.351 e. The van der Waals surface area contributed by atoms with Gasteiger partial charge in [0.05, 0.1) is 16.1 Å². The Balaban J connectivity index is 1.86. The monoisotopic (exact) mass is 286 g/mol. The van der Waals surface area contributed by atoms with Crippen LogP contribution in [0.3, 0.4) is 0 Å². The van der Waals surface area contributed by atoms with Crippen LogP contribution < -0.4 is 10.6 Å². The van der Waals surface area contributed by atoms with Crippen LogP contribution in [-0.4, -0.2) is 18.5 Å². The molecule has 1 aliphatic heterocycles. The zero-order valence-electron chi connectivity index (χ0n) is 10.0. The first-order chi connectivity index (χ1) is 8.66. The highest BCUT2D eigenvalue weighted by atomic mass is 35.5. The molecule has 0 bridgehead atoms. The smallest absolute Gasteiger partial charge is 0.237 e. The molecule has 18 heavy (non-hydrogen) atoms. The van der Waals surface area contributed by atoms with Crippen LogP contribution >= 0.6 is 23.2 Å². The number of piperidine rings is 1. The van der Waals surface area contributed by atoms with E-state index in [2.05, 4.69) is 10.6 Å². The first-order valence-electron chi connectivity index (χ1n) is 6.12. The van der Waals surface area contributed by atoms with Crippen LogP contribution in [-0.2, 0) is 11.3 Å². The van der Waals surface area contributed by atoms with E-state index in [1.54, 1.807) is 12.1 Å². The van der Waals surface area contributed by atoms with Crippen molar-refractivity contribution in [2.45, 2.75) is 31.8 Å². The first-order valence-corrected chi connectivity index (χ1v) is 6.87. The molecule has 1 amide bonds. The summed E-state index contributed by atoms with van der Waals surface area (Å²) in [5.41, 5.74) is 0.952. The van der Waals surface area contributed by atoms with Gasteiger partial charge in [0.25, 0.3) is 0 Å². The third-order valence-corrected chi connectivity index (χ3v) is 3.82. The highest BCUT2D eigenvalue weighted by molar-refractivity contribution is 6.42. The van der Waals surface area contributed by atoms with Gasteiger partial charge in [0.2, 0.25) is 5.91 Å². The Morgan fingerprint density at radius 3 is 2.83 bits per heavy atom. The maximum atomic E-state index is 11.9. The Kier molecular flexibility index (Phi) is 4.87. The lowest BCUT2D eigenvalue weighted by Crippen LogP contribution is -2.46. The molecule has 1 aromatic carbocycles. The topological polar surface area (TPSA) is 41.1 Å². The van der Waals surface area contributed by atoms with Gasteiger partial charge in [-0.3, -0.25) is 4.79 Å². The SMILES string of the molecule is O=C(NCc1ccc(Cl)c(Cl)c1)[C@@H]1CCCCN1. The van der Waals surface area contributed by atoms with E-state index in [-0.39, 0.29) is 11.9 Å². The van der Waals surface area contributed by atoms with Gasteiger partial charge in [-0.05, 0) is 37.1 Å². The first kappa shape index (κ1) is 13.7. The van der Waals surface area contributed by atoms with E-state index in [0.717, 1.165) is 31.4 Å². The number of hydrogen-bond donors (Lipinski definition) is 2. The molecule has 1 aromatic rings. The molecule has 0 aromatic heterocycles. The third-order valence-electron chi connectivity index (χ3n) is 3.08. The van der Waals surface area contributed by atoms with Crippen LogP contribution in [0.1, 0.15) is 24.8 Å². The molecule has 2 N–H and O–H groups in total. The quantitative estimate of drug-likeness (QED) is 0.897. The Labute approximate surface area is 117 Å². The maximum absolute atomic E-state index is 11.9. The Bertz CT molecular complexity index is 431. The number of benzene rings is 1. The molecule has 0 unspecified atom stereocenters. The normalized spacial score (nSPS) is 19.6. The third kappa shape index (κ3) is 3.61. The van der Waals surface area contributed by atoms with Crippen LogP contribution in [0.5, 0.6) is 0 Å². The van der Waals surface area contributed by atoms with Crippen molar-refractivity contribution in [1.29, 1.82) is 0 Å². The van der Waals surface area contributed by atoms with Crippen molar-refractivity contribution >= 4 is 29.1 Å². The lowest BCUT2D eigenvalue weighted by molar-refractivity contribution is -0.123. The summed E-state index contributed by atoms with van der Waals surface area (Å²) in [5, 5.41) is 7.17. The summed E-state index contributed by atoms with van der Waals surface area (Å²) in [6.07, 6.45) is 3.17. The Hall–Kier alpha value is -0.770. The summed E-state index contributed by atoms with van der Waals surface area (Å²) in [5.74, 6) is 0.0563. The van der Waals surface area contributed by atoms with Crippen molar-refractivity contribution in [3.8, 4) is 0 Å². The molecule has 0 aliphatic carbocycles. The average Bonchev–Trinajstić information content (AvgIpc) is 2.41. The average molecular weight is 287 g/mol. The summed E-state index contributed by atoms with van der Waals surface area (Å²) in [4.78, 5) is 11.9. The van der Waals surface area contributed by atoms with Crippen molar-refractivity contribution < 1.29 is 4.79 Å². The number of amides is 1. The fourth-order valence-corrected chi connectivity index (χ4v) is 2.36. The van der Waals surface area contributed by atoms with Gasteiger partial charge < -0.3 is 10.6 Å². The van der Waals surface area contributed by atoms with Crippen molar-refractivity contribution in [2.75, 3.05) is 6.54 Å². The van der Waals surface area contributed by atoms with Gasteiger partial charge in [0.15, 0.2) is 0 Å². The highest BCUT2D eigenvalue weighted by Crippen LogP contribution is 2.22. The van der Waals surface area contributed by atoms with Gasteiger partial charge >= 0.3 is 0 Å². The fraction of sp³-hybridized carbons (Fsp3) is 0.462. The molecule has 1 atom stereocenters. The van der Waals surface area contributed by atoms with Crippen LogP contribution in [0.4, 0.5) is 0 Å². The Morgan fingerprint density at radius 2 is 2.17 bits per heavy atom. The van der Waals surface area contributed by atoms with Gasteiger partial charge in [-0.25, -0.2) is 0 Å². The molecule has 1 aliphatic rings. The number of carbonyl (C=O) groups is 1. The van der Waals surface area contributed by atoms with Gasteiger partial charge in [0.1, 0.15) is 0 Å². The number of rotatable bonds is 3. The van der Waals surface area contributed by atoms with E-state index in [4.69, 9.17) is 23.2 Å². The largest absolute Gasteiger partial charge is 0.351 e. The van der Waals surface area contributed by atoms with Crippen molar-refractivity contribution in [3.05, 3.63) is 33.8 Å². The molecular formula is C13H16Cl2N2O. The number of carbonyl (C=O) groups excluding carboxylic acids is 1. The number of halogens is 2. The molecule has 2 rings (SSSR count). The fourth-order valence-electron chi connectivity index (χ4n) is 2.04. The number of hydrogen-bond acceptors (Lipinski definition) is 2. The lowest BCUT2D eigenvalue weighted by Gasteiger charge is -2.22. The standard InChI is InChI=1S/C13H16Cl2N2O/c14-10-5-4-9(7-11(10)15)8-17-13(18)12-3-1-2-6-16-12/h4-5,7,12,16H,1-3,6,8H2,(H,17,18)/t12-/m0/s1. The van der Waals surface area contributed by atoms with Gasteiger partial charge in [0, 0.05) is 6.54 Å². The second-order valence-electron chi connectivity index (χ2n) is 4.47. The molecule has 1 saturated heterocycles. The van der Waals surface area contributed by atoms with Gasteiger partial charge in [-0.15, -0.1) is 0 Å². The molecule has 5 heteroatoms. The Morgan fingerprint density at radius 1 is 1.33 bits per heavy atom. The highest BCUT2D eigenvalue weighted by Gasteiger charge is 2.19. The van der Waals surface area contributed by atoms with E-state index >= 15 is 0 Å². The predicted molar refractivity (Wildman–Crippen MR) is 74.0 cm³/mol. The van der Waals surface area contributed by atoms with Gasteiger partial charge in [-0.2, -0.15) is 0 Å². The summed E-state index contributed by atoms with van der Waals surface area (Å²) in [6, 6.07) is 5.33. The molecule has 1 heterocycles. The zero-order valence-corrected chi connectivity index (χ0v) is 11.5. The van der Waals surface area contributed by atoms with Crippen LogP contribution in [0, 0.1) is 0 Å². The van der Waals surface area contributed by atoms with E-state index in [1.807, 2.05) is 6.07 Å². The summed E-state index contributed by atoms with van der Waals surface area (Å²) in [7, 11) is 0. The van der Waals surface area contributed by atoms with E-state index < -0.39 is 0 Å². The molecule has 0 radical (unpaired) electrons. The van der Waals surface area contributed by atoms with Crippen LogP contribution in [0.2, 0.25) is 10.0 Å². The predicted octanol–water partition coefficient (Wildman–Crippen LogP) is 2.75. The molecule has 0 saturated carbocycles. The van der Waals surface area contributed by atoms with E-state index in [9.17, 15) is 4.79 Å². The molecular weight excluding hydrogens is 271 g/mol. The van der Waals surface area contributed by atoms with Crippen LogP contribution in [0.25, 0.3) is 0 Å². The summed E-state index contributed by atoms with van der Waals surface area (Å²) < 4.78 is 0. The molecule has 3 nitrogen and oxygen atoms in total. The second-order valence-corrected chi connectivity index (χ2v) is 5.28. The van der Waals surface area contributed by atoms with Crippen molar-refractivity contribution in [1.82, 2.24) is 10.6 Å². The van der Waals surface area contributed by atoms with Gasteiger partial charge in [-0.1, -0.05) is 35.7 Å². The minimum absolute atomic E-state index is 0.0541. The summed E-state index contributed by atoms with van der Waals surface area (Å²) >= 11 is 11.8. The second kappa shape index (κ2) is 6.41. The van der Waals surface area contributed by atoms with E-state index in [1.165, 1.54) is 0 Å². The van der Waals surface area contributed by atoms with E-state index in [0.29, 0.717) is 16.6 Å². The maximum Gasteiger partial charge on any atom is 0.237 e. The number of nitrogens with one attached hydrogen (secondary N) is 2. The van der Waals surface area contributed by atoms with Crippen LogP contribution in [0.15, 0.2) is 18.2 Å². The van der Waals surface area contributed by atoms with Crippen molar-refractivity contribution in [3.63, 3.8) is 0 Å². The molecule has 1 fully saturated rings. The van der Waals surface area contributed by atoms with Crippen molar-refractivity contribution in [2.24, 2.45) is 0 Å². The summed E-state index contributed by atoms with van der Waals surface area (Å²) in [6.45, 7) is 1.40. The minimum atomic E-state index is -0.0541. The molecule has 98 valence electrons. The molecule has 0 spiro atoms.